The van der Waals surface area contributed by atoms with Crippen LogP contribution in [0.2, 0.25) is 5.15 Å². The maximum Gasteiger partial charge on any atom is 0.224 e. The van der Waals surface area contributed by atoms with E-state index in [1.165, 1.54) is 0 Å². The lowest BCUT2D eigenvalue weighted by molar-refractivity contribution is -0.123. The molecule has 0 radical (unpaired) electrons. The molecule has 1 aliphatic rings. The molecular weight excluding hydrogens is 302 g/mol. The standard InChI is InChI=1S/C16H18ClN3O2/c17-14-8-13-12(2-1-7-19-13)16(20-14)22-9-10-3-5-11(6-4-10)15(18)21/h1-2,7-8,10-11H,3-6,9H2,(H2,18,21). The molecule has 5 nitrogen and oxygen atoms in total. The summed E-state index contributed by atoms with van der Waals surface area (Å²) in [6, 6.07) is 5.50. The minimum absolute atomic E-state index is 0.0191. The van der Waals surface area contributed by atoms with Gasteiger partial charge in [-0.1, -0.05) is 11.6 Å². The van der Waals surface area contributed by atoms with Gasteiger partial charge in [0.25, 0.3) is 0 Å². The van der Waals surface area contributed by atoms with Crippen molar-refractivity contribution in [3.05, 3.63) is 29.5 Å². The number of aromatic nitrogens is 2. The van der Waals surface area contributed by atoms with Crippen molar-refractivity contribution in [3.63, 3.8) is 0 Å². The van der Waals surface area contributed by atoms with Crippen LogP contribution >= 0.6 is 11.6 Å². The van der Waals surface area contributed by atoms with E-state index in [1.807, 2.05) is 12.1 Å². The van der Waals surface area contributed by atoms with Gasteiger partial charge >= 0.3 is 0 Å². The number of hydrogen-bond donors (Lipinski definition) is 1. The van der Waals surface area contributed by atoms with Crippen molar-refractivity contribution >= 4 is 28.4 Å². The Morgan fingerprint density at radius 1 is 1.36 bits per heavy atom. The average Bonchev–Trinajstić information content (AvgIpc) is 2.52. The summed E-state index contributed by atoms with van der Waals surface area (Å²) in [5.41, 5.74) is 6.13. The highest BCUT2D eigenvalue weighted by Gasteiger charge is 2.25. The summed E-state index contributed by atoms with van der Waals surface area (Å²) in [5.74, 6) is 0.772. The highest BCUT2D eigenvalue weighted by atomic mass is 35.5. The third kappa shape index (κ3) is 3.30. The van der Waals surface area contributed by atoms with E-state index in [-0.39, 0.29) is 11.8 Å². The molecule has 116 valence electrons. The summed E-state index contributed by atoms with van der Waals surface area (Å²) in [6.07, 6.45) is 5.30. The fourth-order valence-electron chi connectivity index (χ4n) is 2.94. The van der Waals surface area contributed by atoms with Crippen LogP contribution in [0.1, 0.15) is 25.7 Å². The molecule has 0 aromatic carbocycles. The molecule has 0 saturated heterocycles. The van der Waals surface area contributed by atoms with Crippen molar-refractivity contribution in [1.82, 2.24) is 9.97 Å². The minimum atomic E-state index is -0.187. The molecule has 3 rings (SSSR count). The Morgan fingerprint density at radius 3 is 2.86 bits per heavy atom. The summed E-state index contributed by atoms with van der Waals surface area (Å²) in [4.78, 5) is 19.7. The first kappa shape index (κ1) is 15.0. The number of nitrogens with zero attached hydrogens (tertiary/aromatic N) is 2. The van der Waals surface area contributed by atoms with Crippen LogP contribution in [0.3, 0.4) is 0 Å². The normalized spacial score (nSPS) is 21.7. The average molecular weight is 320 g/mol. The largest absolute Gasteiger partial charge is 0.477 e. The number of carbonyl (C=O) groups excluding carboxylic acids is 1. The molecule has 0 aliphatic heterocycles. The lowest BCUT2D eigenvalue weighted by atomic mass is 9.82. The van der Waals surface area contributed by atoms with Crippen LogP contribution in [-0.2, 0) is 4.79 Å². The summed E-state index contributed by atoms with van der Waals surface area (Å²) >= 11 is 6.02. The van der Waals surface area contributed by atoms with E-state index in [9.17, 15) is 4.79 Å². The molecule has 1 saturated carbocycles. The Hall–Kier alpha value is -1.88. The highest BCUT2D eigenvalue weighted by Crippen LogP contribution is 2.30. The van der Waals surface area contributed by atoms with Crippen molar-refractivity contribution in [2.45, 2.75) is 25.7 Å². The first-order valence-corrected chi connectivity index (χ1v) is 7.84. The molecule has 1 fully saturated rings. The number of rotatable bonds is 4. The molecule has 1 amide bonds. The fraction of sp³-hybridized carbons (Fsp3) is 0.438. The van der Waals surface area contributed by atoms with Crippen molar-refractivity contribution in [3.8, 4) is 5.88 Å². The van der Waals surface area contributed by atoms with Crippen LogP contribution in [0.4, 0.5) is 0 Å². The molecule has 0 atom stereocenters. The van der Waals surface area contributed by atoms with Gasteiger partial charge in [-0.15, -0.1) is 0 Å². The molecule has 2 aromatic rings. The second-order valence-electron chi connectivity index (χ2n) is 5.75. The smallest absolute Gasteiger partial charge is 0.224 e. The molecule has 2 N–H and O–H groups in total. The topological polar surface area (TPSA) is 78.1 Å². The Morgan fingerprint density at radius 2 is 2.14 bits per heavy atom. The first-order chi connectivity index (χ1) is 10.6. The predicted octanol–water partition coefficient (Wildman–Crippen LogP) is 2.95. The highest BCUT2D eigenvalue weighted by molar-refractivity contribution is 6.30. The summed E-state index contributed by atoms with van der Waals surface area (Å²) in [5, 5.41) is 1.23. The molecule has 6 heteroatoms. The van der Waals surface area contributed by atoms with E-state index in [0.717, 1.165) is 36.6 Å². The maximum absolute atomic E-state index is 11.2. The number of ether oxygens (including phenoxy) is 1. The number of hydrogen-bond acceptors (Lipinski definition) is 4. The van der Waals surface area contributed by atoms with E-state index in [0.29, 0.717) is 23.6 Å². The van der Waals surface area contributed by atoms with Crippen molar-refractivity contribution in [2.75, 3.05) is 6.61 Å². The molecule has 0 spiro atoms. The number of amides is 1. The molecule has 2 aromatic heterocycles. The van der Waals surface area contributed by atoms with E-state index in [2.05, 4.69) is 9.97 Å². The van der Waals surface area contributed by atoms with Crippen LogP contribution in [-0.4, -0.2) is 22.5 Å². The fourth-order valence-corrected chi connectivity index (χ4v) is 3.12. The van der Waals surface area contributed by atoms with Gasteiger partial charge in [0, 0.05) is 18.2 Å². The Labute approximate surface area is 133 Å². The van der Waals surface area contributed by atoms with Crippen molar-refractivity contribution in [1.29, 1.82) is 0 Å². The van der Waals surface area contributed by atoms with E-state index >= 15 is 0 Å². The summed E-state index contributed by atoms with van der Waals surface area (Å²) < 4.78 is 5.88. The quantitative estimate of drug-likeness (QED) is 0.879. The lowest BCUT2D eigenvalue weighted by Gasteiger charge is -2.26. The van der Waals surface area contributed by atoms with Gasteiger partial charge in [-0.2, -0.15) is 0 Å². The molecule has 22 heavy (non-hydrogen) atoms. The summed E-state index contributed by atoms with van der Waals surface area (Å²) in [7, 11) is 0. The zero-order valence-electron chi connectivity index (χ0n) is 12.2. The van der Waals surface area contributed by atoms with Gasteiger partial charge in [-0.3, -0.25) is 9.78 Å². The third-order valence-corrected chi connectivity index (χ3v) is 4.43. The molecular formula is C16H18ClN3O2. The maximum atomic E-state index is 11.2. The predicted molar refractivity (Wildman–Crippen MR) is 84.7 cm³/mol. The van der Waals surface area contributed by atoms with Gasteiger partial charge in [-0.05, 0) is 43.7 Å². The number of nitrogens with two attached hydrogens (primary N) is 1. The van der Waals surface area contributed by atoms with Crippen LogP contribution in [0.15, 0.2) is 24.4 Å². The van der Waals surface area contributed by atoms with E-state index < -0.39 is 0 Å². The first-order valence-electron chi connectivity index (χ1n) is 7.47. The zero-order valence-corrected chi connectivity index (χ0v) is 12.9. The summed E-state index contributed by atoms with van der Waals surface area (Å²) in [6.45, 7) is 0.572. The van der Waals surface area contributed by atoms with Gasteiger partial charge in [0.1, 0.15) is 5.15 Å². The van der Waals surface area contributed by atoms with Crippen molar-refractivity contribution < 1.29 is 9.53 Å². The number of carbonyl (C=O) groups is 1. The number of halogens is 1. The molecule has 1 aliphatic carbocycles. The van der Waals surface area contributed by atoms with Gasteiger partial charge in [0.05, 0.1) is 17.5 Å². The number of primary amides is 1. The Balaban J connectivity index is 1.66. The van der Waals surface area contributed by atoms with Gasteiger partial charge in [0.15, 0.2) is 0 Å². The van der Waals surface area contributed by atoms with E-state index in [1.54, 1.807) is 12.3 Å². The van der Waals surface area contributed by atoms with Gasteiger partial charge in [-0.25, -0.2) is 4.98 Å². The molecule has 0 unspecified atom stereocenters. The second-order valence-corrected chi connectivity index (χ2v) is 6.14. The van der Waals surface area contributed by atoms with Gasteiger partial charge in [0.2, 0.25) is 11.8 Å². The zero-order chi connectivity index (χ0) is 15.5. The SMILES string of the molecule is NC(=O)C1CCC(COc2nc(Cl)cc3ncccc23)CC1. The monoisotopic (exact) mass is 319 g/mol. The third-order valence-electron chi connectivity index (χ3n) is 4.24. The lowest BCUT2D eigenvalue weighted by Crippen LogP contribution is -2.29. The van der Waals surface area contributed by atoms with Crippen LogP contribution < -0.4 is 10.5 Å². The molecule has 0 bridgehead atoms. The van der Waals surface area contributed by atoms with Crippen molar-refractivity contribution in [2.24, 2.45) is 17.6 Å². The number of pyridine rings is 2. The second kappa shape index (κ2) is 6.48. The molecule has 2 heterocycles. The number of fused-ring (bicyclic) bond motifs is 1. The van der Waals surface area contributed by atoms with Crippen LogP contribution in [0.25, 0.3) is 10.9 Å². The Kier molecular flexibility index (Phi) is 4.43. The van der Waals surface area contributed by atoms with E-state index in [4.69, 9.17) is 22.1 Å². The minimum Gasteiger partial charge on any atom is -0.477 e. The van der Waals surface area contributed by atoms with Crippen LogP contribution in [0, 0.1) is 11.8 Å². The van der Waals surface area contributed by atoms with Gasteiger partial charge < -0.3 is 10.5 Å². The van der Waals surface area contributed by atoms with Crippen LogP contribution in [0.5, 0.6) is 5.88 Å². The Bertz CT molecular complexity index is 684.